The van der Waals surface area contributed by atoms with E-state index in [0.29, 0.717) is 30.1 Å². The third-order valence-corrected chi connectivity index (χ3v) is 7.37. The molecule has 0 saturated heterocycles. The molecule has 0 aromatic heterocycles. The fourth-order valence-electron chi connectivity index (χ4n) is 3.94. The average Bonchev–Trinajstić information content (AvgIpc) is 2.80. The van der Waals surface area contributed by atoms with Crippen molar-refractivity contribution in [3.63, 3.8) is 0 Å². The molecular weight excluding hydrogens is 498 g/mol. The zero-order chi connectivity index (χ0) is 26.9. The minimum Gasteiger partial charge on any atom is -0.354 e. The number of carbonyl (C=O) groups excluding carboxylic acids is 2. The summed E-state index contributed by atoms with van der Waals surface area (Å²) in [5.41, 5.74) is 2.26. The molecule has 1 atom stereocenters. The van der Waals surface area contributed by atoms with Crippen molar-refractivity contribution in [1.29, 1.82) is 0 Å². The van der Waals surface area contributed by atoms with Gasteiger partial charge in [-0.1, -0.05) is 62.7 Å². The van der Waals surface area contributed by atoms with Crippen molar-refractivity contribution < 1.29 is 18.0 Å². The van der Waals surface area contributed by atoms with E-state index in [2.05, 4.69) is 5.32 Å². The van der Waals surface area contributed by atoms with E-state index < -0.39 is 16.1 Å². The zero-order valence-corrected chi connectivity index (χ0v) is 23.4. The summed E-state index contributed by atoms with van der Waals surface area (Å²) in [6.45, 7) is 8.66. The van der Waals surface area contributed by atoms with E-state index in [1.807, 2.05) is 52.0 Å². The number of carbonyl (C=O) groups is 2. The van der Waals surface area contributed by atoms with Crippen LogP contribution in [0.2, 0.25) is 5.02 Å². The van der Waals surface area contributed by atoms with Crippen molar-refractivity contribution in [2.45, 2.75) is 59.5 Å². The smallest absolute Gasteiger partial charge is 0.242 e. The monoisotopic (exact) mass is 535 g/mol. The fraction of sp³-hybridized carbons (Fsp3) is 0.481. The highest BCUT2D eigenvalue weighted by Crippen LogP contribution is 2.22. The van der Waals surface area contributed by atoms with Gasteiger partial charge in [-0.05, 0) is 55.0 Å². The number of hydrogen-bond acceptors (Lipinski definition) is 4. The summed E-state index contributed by atoms with van der Waals surface area (Å²) in [5, 5.41) is 3.46. The minimum atomic E-state index is -3.53. The van der Waals surface area contributed by atoms with Gasteiger partial charge in [0.15, 0.2) is 0 Å². The largest absolute Gasteiger partial charge is 0.354 e. The number of rotatable bonds is 13. The second-order valence-corrected chi connectivity index (χ2v) is 11.8. The third kappa shape index (κ3) is 8.82. The molecule has 0 aliphatic carbocycles. The third-order valence-electron chi connectivity index (χ3n) is 5.81. The van der Waals surface area contributed by atoms with Crippen molar-refractivity contribution in [2.75, 3.05) is 23.7 Å². The van der Waals surface area contributed by atoms with Crippen LogP contribution < -0.4 is 9.62 Å². The zero-order valence-electron chi connectivity index (χ0n) is 21.8. The number of hydrogen-bond donors (Lipinski definition) is 1. The lowest BCUT2D eigenvalue weighted by Gasteiger charge is -2.31. The predicted molar refractivity (Wildman–Crippen MR) is 147 cm³/mol. The van der Waals surface area contributed by atoms with Crippen LogP contribution in [0.25, 0.3) is 0 Å². The first-order valence-corrected chi connectivity index (χ1v) is 14.5. The van der Waals surface area contributed by atoms with Crippen molar-refractivity contribution in [3.05, 3.63) is 64.7 Å². The first-order chi connectivity index (χ1) is 16.9. The van der Waals surface area contributed by atoms with Crippen LogP contribution >= 0.6 is 11.6 Å². The Hall–Kier alpha value is -2.58. The molecule has 0 aliphatic heterocycles. The molecule has 1 N–H and O–H groups in total. The molecular formula is C27H38ClN3O4S. The van der Waals surface area contributed by atoms with Gasteiger partial charge >= 0.3 is 0 Å². The molecule has 0 aliphatic rings. The number of sulfonamides is 1. The number of nitrogens with zero attached hydrogens (tertiary/aromatic N) is 2. The van der Waals surface area contributed by atoms with Crippen molar-refractivity contribution in [2.24, 2.45) is 5.92 Å². The maximum atomic E-state index is 13.5. The summed E-state index contributed by atoms with van der Waals surface area (Å²) in [5.74, 6) is -0.147. The van der Waals surface area contributed by atoms with Crippen LogP contribution in [0, 0.1) is 12.8 Å². The normalized spacial score (nSPS) is 12.3. The molecule has 0 fully saturated rings. The SMILES string of the molecule is CCC(C(=O)NCC(C)C)N(Cc1ccccc1Cl)C(=O)CCCN(c1cccc(C)c1)S(C)(=O)=O. The highest BCUT2D eigenvalue weighted by atomic mass is 35.5. The lowest BCUT2D eigenvalue weighted by Crippen LogP contribution is -2.49. The van der Waals surface area contributed by atoms with Crippen LogP contribution in [0.5, 0.6) is 0 Å². The Morgan fingerprint density at radius 1 is 1.08 bits per heavy atom. The van der Waals surface area contributed by atoms with Crippen molar-refractivity contribution in [3.8, 4) is 0 Å². The van der Waals surface area contributed by atoms with Crippen LogP contribution in [0.1, 0.15) is 51.2 Å². The van der Waals surface area contributed by atoms with Gasteiger partial charge in [0, 0.05) is 31.1 Å². The average molecular weight is 536 g/mol. The molecule has 1 unspecified atom stereocenters. The molecule has 9 heteroatoms. The Bertz CT molecular complexity index is 1140. The molecule has 2 aromatic rings. The molecule has 0 saturated carbocycles. The van der Waals surface area contributed by atoms with E-state index in [4.69, 9.17) is 11.6 Å². The second-order valence-electron chi connectivity index (χ2n) is 9.45. The molecule has 2 rings (SSSR count). The topological polar surface area (TPSA) is 86.8 Å². The van der Waals surface area contributed by atoms with E-state index >= 15 is 0 Å². The summed E-state index contributed by atoms with van der Waals surface area (Å²) in [6.07, 6.45) is 2.01. The lowest BCUT2D eigenvalue weighted by atomic mass is 10.1. The number of nitrogens with one attached hydrogen (secondary N) is 1. The van der Waals surface area contributed by atoms with Crippen LogP contribution in [-0.2, 0) is 26.2 Å². The number of aryl methyl sites for hydroxylation is 1. The van der Waals surface area contributed by atoms with Gasteiger partial charge in [-0.15, -0.1) is 0 Å². The molecule has 7 nitrogen and oxygen atoms in total. The van der Waals surface area contributed by atoms with E-state index in [-0.39, 0.29) is 37.2 Å². The fourth-order valence-corrected chi connectivity index (χ4v) is 5.09. The number of anilines is 1. The Morgan fingerprint density at radius 2 is 1.78 bits per heavy atom. The van der Waals surface area contributed by atoms with E-state index in [1.165, 1.54) is 4.31 Å². The molecule has 0 radical (unpaired) electrons. The van der Waals surface area contributed by atoms with Gasteiger partial charge in [-0.2, -0.15) is 0 Å². The van der Waals surface area contributed by atoms with Crippen LogP contribution in [0.15, 0.2) is 48.5 Å². The summed E-state index contributed by atoms with van der Waals surface area (Å²) in [7, 11) is -3.53. The van der Waals surface area contributed by atoms with E-state index in [0.717, 1.165) is 17.4 Å². The van der Waals surface area contributed by atoms with Gasteiger partial charge in [0.1, 0.15) is 6.04 Å². The van der Waals surface area contributed by atoms with Crippen molar-refractivity contribution in [1.82, 2.24) is 10.2 Å². The minimum absolute atomic E-state index is 0.0935. The highest BCUT2D eigenvalue weighted by molar-refractivity contribution is 7.92. The van der Waals surface area contributed by atoms with Gasteiger partial charge in [0.2, 0.25) is 21.8 Å². The number of benzene rings is 2. The highest BCUT2D eigenvalue weighted by Gasteiger charge is 2.29. The Kier molecular flexibility index (Phi) is 11.2. The molecule has 0 heterocycles. The molecule has 2 aromatic carbocycles. The standard InChI is InChI=1S/C27H38ClN3O4S/c1-6-25(27(33)29-18-20(2)3)30(19-22-12-7-8-14-24(22)28)26(32)15-10-16-31(36(5,34)35)23-13-9-11-21(4)17-23/h7-9,11-14,17,20,25H,6,10,15-16,18-19H2,1-5H3,(H,29,33). The number of amides is 2. The Labute approximate surface area is 220 Å². The first-order valence-electron chi connectivity index (χ1n) is 12.3. The quantitative estimate of drug-likeness (QED) is 0.400. The Balaban J connectivity index is 2.22. The van der Waals surface area contributed by atoms with Crippen molar-refractivity contribution >= 4 is 39.1 Å². The molecule has 0 spiro atoms. The summed E-state index contributed by atoms with van der Waals surface area (Å²) in [6, 6.07) is 13.8. The van der Waals surface area contributed by atoms with Gasteiger partial charge in [0.25, 0.3) is 0 Å². The summed E-state index contributed by atoms with van der Waals surface area (Å²) < 4.78 is 26.2. The van der Waals surface area contributed by atoms with E-state index in [1.54, 1.807) is 29.2 Å². The first kappa shape index (κ1) is 29.6. The van der Waals surface area contributed by atoms with Crippen LogP contribution in [0.3, 0.4) is 0 Å². The van der Waals surface area contributed by atoms with Gasteiger partial charge < -0.3 is 10.2 Å². The number of halogens is 1. The maximum absolute atomic E-state index is 13.5. The van der Waals surface area contributed by atoms with Crippen LogP contribution in [-0.4, -0.2) is 50.5 Å². The molecule has 0 bridgehead atoms. The maximum Gasteiger partial charge on any atom is 0.242 e. The lowest BCUT2D eigenvalue weighted by molar-refractivity contribution is -0.141. The second kappa shape index (κ2) is 13.7. The summed E-state index contributed by atoms with van der Waals surface area (Å²) in [4.78, 5) is 28.0. The van der Waals surface area contributed by atoms with E-state index in [9.17, 15) is 18.0 Å². The van der Waals surface area contributed by atoms with Crippen LogP contribution in [0.4, 0.5) is 5.69 Å². The van der Waals surface area contributed by atoms with Gasteiger partial charge in [0.05, 0.1) is 11.9 Å². The molecule has 2 amide bonds. The van der Waals surface area contributed by atoms with Gasteiger partial charge in [-0.25, -0.2) is 8.42 Å². The molecule has 198 valence electrons. The molecule has 36 heavy (non-hydrogen) atoms. The summed E-state index contributed by atoms with van der Waals surface area (Å²) >= 11 is 6.37. The predicted octanol–water partition coefficient (Wildman–Crippen LogP) is 4.77. The Morgan fingerprint density at radius 3 is 2.36 bits per heavy atom. The van der Waals surface area contributed by atoms with Gasteiger partial charge in [-0.3, -0.25) is 13.9 Å².